The second-order valence-corrected chi connectivity index (χ2v) is 8.20. The fourth-order valence-corrected chi connectivity index (χ4v) is 3.87. The Morgan fingerprint density at radius 2 is 2.00 bits per heavy atom. The fraction of sp³-hybridized carbons (Fsp3) is 0.588. The summed E-state index contributed by atoms with van der Waals surface area (Å²) in [6, 6.07) is 5.46. The lowest BCUT2D eigenvalue weighted by molar-refractivity contribution is -0.122. The lowest BCUT2D eigenvalue weighted by Crippen LogP contribution is -2.49. The third-order valence-electron chi connectivity index (χ3n) is 4.31. The van der Waals surface area contributed by atoms with Gasteiger partial charge in [0.2, 0.25) is 15.9 Å². The molecule has 1 amide bonds. The topological polar surface area (TPSA) is 84.9 Å². The van der Waals surface area contributed by atoms with Crippen LogP contribution in [0.3, 0.4) is 0 Å². The van der Waals surface area contributed by atoms with E-state index < -0.39 is 10.0 Å². The van der Waals surface area contributed by atoms with Crippen molar-refractivity contribution in [3.05, 3.63) is 23.8 Å². The molecule has 0 aliphatic carbocycles. The summed E-state index contributed by atoms with van der Waals surface area (Å²) in [7, 11) is -0.0553. The number of sulfonamides is 1. The van der Waals surface area contributed by atoms with Crippen LogP contribution in [0.15, 0.2) is 18.2 Å². The smallest absolute Gasteiger partial charge is 0.220 e. The lowest BCUT2D eigenvalue weighted by atomic mass is 10.1. The minimum absolute atomic E-state index is 0.0739. The Hall–Kier alpha value is -1.80. The van der Waals surface area contributed by atoms with E-state index in [4.69, 9.17) is 9.47 Å². The summed E-state index contributed by atoms with van der Waals surface area (Å²) in [6.45, 7) is 0.873. The first-order chi connectivity index (χ1) is 11.8. The van der Waals surface area contributed by atoms with Gasteiger partial charge < -0.3 is 14.8 Å². The maximum atomic E-state index is 12.2. The van der Waals surface area contributed by atoms with Crippen molar-refractivity contribution in [2.24, 2.45) is 0 Å². The molecule has 0 radical (unpaired) electrons. The number of carbonyl (C=O) groups excluding carboxylic acids is 1. The van der Waals surface area contributed by atoms with E-state index in [2.05, 4.69) is 5.32 Å². The Morgan fingerprint density at radius 3 is 2.64 bits per heavy atom. The Morgan fingerprint density at radius 1 is 1.28 bits per heavy atom. The van der Waals surface area contributed by atoms with Gasteiger partial charge in [-0.2, -0.15) is 0 Å². The van der Waals surface area contributed by atoms with Gasteiger partial charge in [0, 0.05) is 25.6 Å². The molecule has 1 atom stereocenters. The van der Waals surface area contributed by atoms with Crippen LogP contribution in [0.2, 0.25) is 0 Å². The van der Waals surface area contributed by atoms with Gasteiger partial charge in [0.1, 0.15) is 0 Å². The Labute approximate surface area is 149 Å². The second kappa shape index (κ2) is 8.53. The molecule has 8 heteroatoms. The molecule has 1 heterocycles. The predicted molar refractivity (Wildman–Crippen MR) is 95.4 cm³/mol. The third-order valence-corrected chi connectivity index (χ3v) is 5.58. The lowest BCUT2D eigenvalue weighted by Gasteiger charge is -2.31. The van der Waals surface area contributed by atoms with Crippen molar-refractivity contribution in [1.82, 2.24) is 9.62 Å². The third kappa shape index (κ3) is 5.61. The van der Waals surface area contributed by atoms with E-state index in [-0.39, 0.29) is 11.9 Å². The molecule has 1 saturated heterocycles. The molecule has 1 aromatic carbocycles. The quantitative estimate of drug-likeness (QED) is 0.779. The number of ether oxygens (including phenoxy) is 2. The summed E-state index contributed by atoms with van der Waals surface area (Å²) in [4.78, 5) is 12.2. The minimum Gasteiger partial charge on any atom is -0.493 e. The average molecular weight is 370 g/mol. The normalized spacial score (nSPS) is 18.6. The number of hydrogen-bond acceptors (Lipinski definition) is 5. The average Bonchev–Trinajstić information content (AvgIpc) is 2.59. The van der Waals surface area contributed by atoms with E-state index in [0.717, 1.165) is 18.4 Å². The monoisotopic (exact) mass is 370 g/mol. The van der Waals surface area contributed by atoms with Gasteiger partial charge in [-0.05, 0) is 37.0 Å². The summed E-state index contributed by atoms with van der Waals surface area (Å²) in [6.07, 6.45) is 3.68. The number of amides is 1. The zero-order valence-electron chi connectivity index (χ0n) is 14.9. The van der Waals surface area contributed by atoms with Gasteiger partial charge in [-0.1, -0.05) is 6.07 Å². The van der Waals surface area contributed by atoms with Crippen molar-refractivity contribution < 1.29 is 22.7 Å². The Balaban J connectivity index is 1.86. The Bertz CT molecular complexity index is 705. The van der Waals surface area contributed by atoms with Gasteiger partial charge in [0.25, 0.3) is 0 Å². The molecular formula is C17H26N2O5S. The van der Waals surface area contributed by atoms with Crippen molar-refractivity contribution >= 4 is 15.9 Å². The molecule has 1 aliphatic heterocycles. The van der Waals surface area contributed by atoms with Crippen LogP contribution >= 0.6 is 0 Å². The standard InChI is InChI=1S/C17H26N2O5S/c1-23-15-8-6-13(11-16(15)24-2)7-9-17(20)18-14-5-4-10-19(12-14)25(3,21)22/h6,8,11,14H,4-5,7,9-10,12H2,1-3H3,(H,18,20). The summed E-state index contributed by atoms with van der Waals surface area (Å²) in [5.41, 5.74) is 0.981. The van der Waals surface area contributed by atoms with Gasteiger partial charge in [-0.3, -0.25) is 4.79 Å². The molecular weight excluding hydrogens is 344 g/mol. The molecule has 25 heavy (non-hydrogen) atoms. The largest absolute Gasteiger partial charge is 0.493 e. The number of piperidine rings is 1. The van der Waals surface area contributed by atoms with Gasteiger partial charge in [0.15, 0.2) is 11.5 Å². The van der Waals surface area contributed by atoms with E-state index in [1.54, 1.807) is 14.2 Å². The molecule has 2 rings (SSSR count). The van der Waals surface area contributed by atoms with Crippen molar-refractivity contribution in [1.29, 1.82) is 0 Å². The molecule has 1 aliphatic rings. The highest BCUT2D eigenvalue weighted by Crippen LogP contribution is 2.28. The van der Waals surface area contributed by atoms with E-state index >= 15 is 0 Å². The maximum Gasteiger partial charge on any atom is 0.220 e. The molecule has 1 fully saturated rings. The molecule has 0 saturated carbocycles. The van der Waals surface area contributed by atoms with Gasteiger partial charge in [0.05, 0.1) is 20.5 Å². The van der Waals surface area contributed by atoms with Crippen LogP contribution in [0.5, 0.6) is 11.5 Å². The number of rotatable bonds is 7. The summed E-state index contributed by atoms with van der Waals surface area (Å²) >= 11 is 0. The second-order valence-electron chi connectivity index (χ2n) is 6.22. The summed E-state index contributed by atoms with van der Waals surface area (Å²) < 4.78 is 35.1. The van der Waals surface area contributed by atoms with Gasteiger partial charge in [-0.15, -0.1) is 0 Å². The van der Waals surface area contributed by atoms with Gasteiger partial charge in [-0.25, -0.2) is 12.7 Å². The van der Waals surface area contributed by atoms with Crippen LogP contribution in [0.25, 0.3) is 0 Å². The van der Waals surface area contributed by atoms with Crippen LogP contribution in [0, 0.1) is 0 Å². The first kappa shape index (κ1) is 19.5. The predicted octanol–water partition coefficient (Wildman–Crippen LogP) is 1.18. The molecule has 0 spiro atoms. The zero-order valence-corrected chi connectivity index (χ0v) is 15.8. The number of nitrogens with zero attached hydrogens (tertiary/aromatic N) is 1. The number of nitrogens with one attached hydrogen (secondary N) is 1. The fourth-order valence-electron chi connectivity index (χ4n) is 2.96. The van der Waals surface area contributed by atoms with E-state index in [9.17, 15) is 13.2 Å². The number of methoxy groups -OCH3 is 2. The van der Waals surface area contributed by atoms with Crippen LogP contribution in [0.1, 0.15) is 24.8 Å². The number of benzene rings is 1. The molecule has 1 N–H and O–H groups in total. The highest BCUT2D eigenvalue weighted by atomic mass is 32.2. The first-order valence-corrected chi connectivity index (χ1v) is 10.1. The first-order valence-electron chi connectivity index (χ1n) is 8.29. The van der Waals surface area contributed by atoms with Crippen molar-refractivity contribution in [2.75, 3.05) is 33.6 Å². The minimum atomic E-state index is -3.21. The molecule has 140 valence electrons. The van der Waals surface area contributed by atoms with Gasteiger partial charge >= 0.3 is 0 Å². The molecule has 0 aromatic heterocycles. The number of hydrogen-bond donors (Lipinski definition) is 1. The van der Waals surface area contributed by atoms with Crippen molar-refractivity contribution in [2.45, 2.75) is 31.7 Å². The maximum absolute atomic E-state index is 12.2. The van der Waals surface area contributed by atoms with E-state index in [1.807, 2.05) is 18.2 Å². The summed E-state index contributed by atoms with van der Waals surface area (Å²) in [5.74, 6) is 1.21. The summed E-state index contributed by atoms with van der Waals surface area (Å²) in [5, 5.41) is 2.94. The molecule has 1 aromatic rings. The zero-order chi connectivity index (χ0) is 18.4. The van der Waals surface area contributed by atoms with E-state index in [1.165, 1.54) is 10.6 Å². The molecule has 1 unspecified atom stereocenters. The Kier molecular flexibility index (Phi) is 6.66. The molecule has 0 bridgehead atoms. The van der Waals surface area contributed by atoms with Crippen LogP contribution in [-0.2, 0) is 21.2 Å². The number of carbonyl (C=O) groups is 1. The number of aryl methyl sites for hydroxylation is 1. The highest BCUT2D eigenvalue weighted by Gasteiger charge is 2.26. The van der Waals surface area contributed by atoms with E-state index in [0.29, 0.717) is 37.4 Å². The van der Waals surface area contributed by atoms with Crippen LogP contribution < -0.4 is 14.8 Å². The molecule has 7 nitrogen and oxygen atoms in total. The van der Waals surface area contributed by atoms with Crippen molar-refractivity contribution in [3.8, 4) is 11.5 Å². The van der Waals surface area contributed by atoms with Crippen LogP contribution in [-0.4, -0.2) is 58.2 Å². The highest BCUT2D eigenvalue weighted by molar-refractivity contribution is 7.88. The van der Waals surface area contributed by atoms with Crippen molar-refractivity contribution in [3.63, 3.8) is 0 Å². The SMILES string of the molecule is COc1ccc(CCC(=O)NC2CCCN(S(C)(=O)=O)C2)cc1OC. The van der Waals surface area contributed by atoms with Crippen LogP contribution in [0.4, 0.5) is 0 Å².